The van der Waals surface area contributed by atoms with Crippen LogP contribution in [-0.4, -0.2) is 34.9 Å². The second kappa shape index (κ2) is 5.14. The minimum atomic E-state index is -0.380. The van der Waals surface area contributed by atoms with Gasteiger partial charge in [-0.1, -0.05) is 11.6 Å². The van der Waals surface area contributed by atoms with Gasteiger partial charge in [0.1, 0.15) is 11.5 Å². The highest BCUT2D eigenvalue weighted by molar-refractivity contribution is 5.92. The molecule has 1 heterocycles. The SMILES string of the molecule is Cc1ccc(F)c(-c2cncc(C(=O)N(C)C)n2)c1. The lowest BCUT2D eigenvalue weighted by molar-refractivity contribution is 0.0821. The van der Waals surface area contributed by atoms with E-state index in [4.69, 9.17) is 0 Å². The third kappa shape index (κ3) is 2.76. The van der Waals surface area contributed by atoms with Crippen LogP contribution in [0.25, 0.3) is 11.3 Å². The molecule has 0 saturated heterocycles. The number of benzene rings is 1. The monoisotopic (exact) mass is 259 g/mol. The Morgan fingerprint density at radius 2 is 2.00 bits per heavy atom. The molecule has 1 aromatic heterocycles. The van der Waals surface area contributed by atoms with E-state index in [0.29, 0.717) is 11.3 Å². The number of aromatic nitrogens is 2. The summed E-state index contributed by atoms with van der Waals surface area (Å²) in [6.07, 6.45) is 2.82. The van der Waals surface area contributed by atoms with Gasteiger partial charge in [0.05, 0.1) is 18.1 Å². The summed E-state index contributed by atoms with van der Waals surface area (Å²) in [5.41, 5.74) is 1.82. The summed E-state index contributed by atoms with van der Waals surface area (Å²) in [6, 6.07) is 4.75. The van der Waals surface area contributed by atoms with Gasteiger partial charge in [0.2, 0.25) is 0 Å². The van der Waals surface area contributed by atoms with E-state index < -0.39 is 0 Å². The van der Waals surface area contributed by atoms with Crippen LogP contribution in [0.1, 0.15) is 16.1 Å². The molecule has 0 N–H and O–H groups in total. The molecule has 19 heavy (non-hydrogen) atoms. The molecule has 1 aromatic carbocycles. The lowest BCUT2D eigenvalue weighted by Gasteiger charge is -2.10. The third-order valence-electron chi connectivity index (χ3n) is 2.66. The number of halogens is 1. The van der Waals surface area contributed by atoms with Crippen LogP contribution in [0.15, 0.2) is 30.6 Å². The Hall–Kier alpha value is -2.30. The van der Waals surface area contributed by atoms with Gasteiger partial charge in [0.15, 0.2) is 0 Å². The molecule has 0 saturated carbocycles. The van der Waals surface area contributed by atoms with Crippen LogP contribution in [0.2, 0.25) is 0 Å². The van der Waals surface area contributed by atoms with Crippen molar-refractivity contribution in [2.75, 3.05) is 14.1 Å². The van der Waals surface area contributed by atoms with Crippen LogP contribution in [-0.2, 0) is 0 Å². The average molecular weight is 259 g/mol. The summed E-state index contributed by atoms with van der Waals surface area (Å²) < 4.78 is 13.8. The van der Waals surface area contributed by atoms with E-state index in [0.717, 1.165) is 5.56 Å². The van der Waals surface area contributed by atoms with E-state index in [9.17, 15) is 9.18 Å². The molecule has 5 heteroatoms. The first-order chi connectivity index (χ1) is 8.99. The smallest absolute Gasteiger partial charge is 0.273 e. The molecular formula is C14H14FN3O. The van der Waals surface area contributed by atoms with Crippen molar-refractivity contribution in [3.05, 3.63) is 47.7 Å². The van der Waals surface area contributed by atoms with Gasteiger partial charge in [-0.15, -0.1) is 0 Å². The molecule has 0 atom stereocenters. The standard InChI is InChI=1S/C14H14FN3O/c1-9-4-5-11(15)10(6-9)12-7-16-8-13(17-12)14(19)18(2)3/h4-8H,1-3H3. The molecule has 0 radical (unpaired) electrons. The van der Waals surface area contributed by atoms with Gasteiger partial charge in [-0.05, 0) is 19.1 Å². The summed E-state index contributed by atoms with van der Waals surface area (Å²) in [5, 5.41) is 0. The van der Waals surface area contributed by atoms with Gasteiger partial charge in [0, 0.05) is 19.7 Å². The Morgan fingerprint density at radius 3 is 2.68 bits per heavy atom. The van der Waals surface area contributed by atoms with Crippen LogP contribution in [0, 0.1) is 12.7 Å². The summed E-state index contributed by atoms with van der Waals surface area (Å²) in [5.74, 6) is -0.642. The van der Waals surface area contributed by atoms with E-state index in [1.165, 1.54) is 23.4 Å². The van der Waals surface area contributed by atoms with Crippen molar-refractivity contribution in [2.45, 2.75) is 6.92 Å². The number of nitrogens with zero attached hydrogens (tertiary/aromatic N) is 3. The summed E-state index contributed by atoms with van der Waals surface area (Å²) in [6.45, 7) is 1.87. The summed E-state index contributed by atoms with van der Waals surface area (Å²) in [7, 11) is 3.26. The average Bonchev–Trinajstić information content (AvgIpc) is 2.40. The Balaban J connectivity index is 2.49. The van der Waals surface area contributed by atoms with Gasteiger partial charge >= 0.3 is 0 Å². The zero-order valence-corrected chi connectivity index (χ0v) is 11.0. The predicted octanol–water partition coefficient (Wildman–Crippen LogP) is 2.29. The maximum atomic E-state index is 13.8. The number of carbonyl (C=O) groups excluding carboxylic acids is 1. The molecular weight excluding hydrogens is 245 g/mol. The van der Waals surface area contributed by atoms with Gasteiger partial charge in [-0.25, -0.2) is 9.37 Å². The molecule has 2 aromatic rings. The first-order valence-corrected chi connectivity index (χ1v) is 5.79. The normalized spacial score (nSPS) is 10.3. The molecule has 0 aliphatic carbocycles. The van der Waals surface area contributed by atoms with Gasteiger partial charge in [0.25, 0.3) is 5.91 Å². The van der Waals surface area contributed by atoms with Gasteiger partial charge in [-0.2, -0.15) is 0 Å². The number of aryl methyl sites for hydroxylation is 1. The fourth-order valence-electron chi connectivity index (χ4n) is 1.66. The van der Waals surface area contributed by atoms with E-state index in [1.807, 2.05) is 6.92 Å². The maximum Gasteiger partial charge on any atom is 0.273 e. The Kier molecular flexibility index (Phi) is 3.55. The number of carbonyl (C=O) groups is 1. The van der Waals surface area contributed by atoms with E-state index in [1.54, 1.807) is 26.2 Å². The molecule has 0 bridgehead atoms. The first kappa shape index (κ1) is 13.1. The Morgan fingerprint density at radius 1 is 1.26 bits per heavy atom. The topological polar surface area (TPSA) is 46.1 Å². The number of amides is 1. The molecule has 1 amide bonds. The number of rotatable bonds is 2. The molecule has 0 fully saturated rings. The van der Waals surface area contributed by atoms with E-state index in [-0.39, 0.29) is 17.4 Å². The molecule has 4 nitrogen and oxygen atoms in total. The zero-order chi connectivity index (χ0) is 14.0. The lowest BCUT2D eigenvalue weighted by atomic mass is 10.1. The van der Waals surface area contributed by atoms with Crippen LogP contribution in [0.3, 0.4) is 0 Å². The Bertz CT molecular complexity index is 626. The second-order valence-electron chi connectivity index (χ2n) is 4.47. The zero-order valence-electron chi connectivity index (χ0n) is 11.0. The van der Waals surface area contributed by atoms with Crippen LogP contribution < -0.4 is 0 Å². The molecule has 0 aliphatic heterocycles. The fraction of sp³-hybridized carbons (Fsp3) is 0.214. The van der Waals surface area contributed by atoms with Gasteiger partial charge in [-0.3, -0.25) is 9.78 Å². The number of hydrogen-bond acceptors (Lipinski definition) is 3. The maximum absolute atomic E-state index is 13.8. The molecule has 98 valence electrons. The highest BCUT2D eigenvalue weighted by atomic mass is 19.1. The quantitative estimate of drug-likeness (QED) is 0.831. The lowest BCUT2D eigenvalue weighted by Crippen LogP contribution is -2.23. The van der Waals surface area contributed by atoms with Crippen molar-refractivity contribution in [3.8, 4) is 11.3 Å². The molecule has 0 aliphatic rings. The molecule has 0 unspecified atom stereocenters. The van der Waals surface area contributed by atoms with Crippen LogP contribution in [0.4, 0.5) is 4.39 Å². The van der Waals surface area contributed by atoms with Crippen LogP contribution in [0.5, 0.6) is 0 Å². The summed E-state index contributed by atoms with van der Waals surface area (Å²) in [4.78, 5) is 21.3. The largest absolute Gasteiger partial charge is 0.343 e. The fourth-order valence-corrected chi connectivity index (χ4v) is 1.66. The molecule has 2 rings (SSSR count). The minimum absolute atomic E-state index is 0.198. The summed E-state index contributed by atoms with van der Waals surface area (Å²) >= 11 is 0. The van der Waals surface area contributed by atoms with Crippen molar-refractivity contribution in [1.82, 2.24) is 14.9 Å². The third-order valence-corrected chi connectivity index (χ3v) is 2.66. The van der Waals surface area contributed by atoms with Gasteiger partial charge < -0.3 is 4.90 Å². The predicted molar refractivity (Wildman–Crippen MR) is 70.2 cm³/mol. The minimum Gasteiger partial charge on any atom is -0.343 e. The van der Waals surface area contributed by atoms with Crippen molar-refractivity contribution >= 4 is 5.91 Å². The van der Waals surface area contributed by atoms with Crippen molar-refractivity contribution in [1.29, 1.82) is 0 Å². The van der Waals surface area contributed by atoms with Crippen molar-refractivity contribution in [2.24, 2.45) is 0 Å². The van der Waals surface area contributed by atoms with E-state index >= 15 is 0 Å². The van der Waals surface area contributed by atoms with E-state index in [2.05, 4.69) is 9.97 Å². The highest BCUT2D eigenvalue weighted by Gasteiger charge is 2.13. The second-order valence-corrected chi connectivity index (χ2v) is 4.47. The first-order valence-electron chi connectivity index (χ1n) is 5.79. The van der Waals surface area contributed by atoms with Crippen LogP contribution >= 0.6 is 0 Å². The Labute approximate surface area is 110 Å². The van der Waals surface area contributed by atoms with Crippen molar-refractivity contribution < 1.29 is 9.18 Å². The molecule has 0 spiro atoms. The van der Waals surface area contributed by atoms with Crippen molar-refractivity contribution in [3.63, 3.8) is 0 Å². The number of hydrogen-bond donors (Lipinski definition) is 0. The highest BCUT2D eigenvalue weighted by Crippen LogP contribution is 2.21.